The molecule has 2 aromatic carbocycles. The first-order valence-electron chi connectivity index (χ1n) is 9.53. The summed E-state index contributed by atoms with van der Waals surface area (Å²) in [5.74, 6) is -0.207. The zero-order valence-electron chi connectivity index (χ0n) is 16.0. The average Bonchev–Trinajstić information content (AvgIpc) is 2.67. The van der Waals surface area contributed by atoms with Gasteiger partial charge in [-0.15, -0.1) is 0 Å². The molecular formula is C22H27N3O2. The van der Waals surface area contributed by atoms with E-state index in [9.17, 15) is 9.59 Å². The molecule has 1 saturated heterocycles. The Morgan fingerprint density at radius 2 is 1.70 bits per heavy atom. The Morgan fingerprint density at radius 3 is 2.37 bits per heavy atom. The fourth-order valence-electron chi connectivity index (χ4n) is 3.38. The monoisotopic (exact) mass is 365 g/mol. The lowest BCUT2D eigenvalue weighted by molar-refractivity contribution is -0.114. The van der Waals surface area contributed by atoms with Crippen LogP contribution in [0.5, 0.6) is 0 Å². The number of aryl methyl sites for hydroxylation is 1. The maximum atomic E-state index is 12.9. The van der Waals surface area contributed by atoms with Gasteiger partial charge in [0.25, 0.3) is 5.91 Å². The van der Waals surface area contributed by atoms with E-state index in [0.717, 1.165) is 42.9 Å². The van der Waals surface area contributed by atoms with Gasteiger partial charge >= 0.3 is 0 Å². The van der Waals surface area contributed by atoms with E-state index in [4.69, 9.17) is 0 Å². The summed E-state index contributed by atoms with van der Waals surface area (Å²) in [4.78, 5) is 26.5. The van der Waals surface area contributed by atoms with Crippen molar-refractivity contribution in [3.63, 3.8) is 0 Å². The summed E-state index contributed by atoms with van der Waals surface area (Å²) in [5.41, 5.74) is 4.54. The molecule has 1 aliphatic rings. The van der Waals surface area contributed by atoms with E-state index in [1.165, 1.54) is 18.9 Å². The third-order valence-corrected chi connectivity index (χ3v) is 4.83. The largest absolute Gasteiger partial charge is 0.371 e. The number of carbonyl (C=O) groups is 2. The molecule has 1 aliphatic heterocycles. The molecule has 0 spiro atoms. The molecule has 0 radical (unpaired) electrons. The van der Waals surface area contributed by atoms with Crippen molar-refractivity contribution in [2.75, 3.05) is 23.3 Å². The molecule has 142 valence electrons. The van der Waals surface area contributed by atoms with Gasteiger partial charge in [-0.1, -0.05) is 29.8 Å². The van der Waals surface area contributed by atoms with Gasteiger partial charge in [0.15, 0.2) is 0 Å². The van der Waals surface area contributed by atoms with Gasteiger partial charge in [-0.05, 0) is 49.9 Å². The van der Waals surface area contributed by atoms with Crippen LogP contribution in [-0.4, -0.2) is 24.9 Å². The number of rotatable bonds is 5. The van der Waals surface area contributed by atoms with Crippen LogP contribution in [0.15, 0.2) is 42.5 Å². The summed E-state index contributed by atoms with van der Waals surface area (Å²) in [6, 6.07) is 13.6. The fourth-order valence-corrected chi connectivity index (χ4v) is 3.38. The summed E-state index contributed by atoms with van der Waals surface area (Å²) in [7, 11) is 0. The van der Waals surface area contributed by atoms with Gasteiger partial charge in [0, 0.05) is 32.2 Å². The maximum Gasteiger partial charge on any atom is 0.253 e. The predicted molar refractivity (Wildman–Crippen MR) is 109 cm³/mol. The Labute approximate surface area is 160 Å². The number of hydrogen-bond donors (Lipinski definition) is 2. The second kappa shape index (κ2) is 8.71. The highest BCUT2D eigenvalue weighted by Gasteiger charge is 2.19. The third-order valence-electron chi connectivity index (χ3n) is 4.83. The van der Waals surface area contributed by atoms with E-state index in [0.29, 0.717) is 12.1 Å². The van der Waals surface area contributed by atoms with Gasteiger partial charge in [0.05, 0.1) is 11.3 Å². The maximum absolute atomic E-state index is 12.9. The number of carbonyl (C=O) groups excluding carboxylic acids is 2. The molecular weight excluding hydrogens is 338 g/mol. The second-order valence-electron chi connectivity index (χ2n) is 7.13. The average molecular weight is 365 g/mol. The van der Waals surface area contributed by atoms with Crippen molar-refractivity contribution in [3.05, 3.63) is 59.2 Å². The van der Waals surface area contributed by atoms with E-state index >= 15 is 0 Å². The highest BCUT2D eigenvalue weighted by atomic mass is 16.2. The first-order valence-corrected chi connectivity index (χ1v) is 9.53. The van der Waals surface area contributed by atoms with Crippen LogP contribution in [0.25, 0.3) is 0 Å². The molecule has 0 saturated carbocycles. The van der Waals surface area contributed by atoms with Gasteiger partial charge in [-0.25, -0.2) is 0 Å². The minimum Gasteiger partial charge on any atom is -0.371 e. The van der Waals surface area contributed by atoms with Crippen LogP contribution < -0.4 is 15.5 Å². The normalized spacial score (nSPS) is 13.9. The van der Waals surface area contributed by atoms with Crippen LogP contribution in [0.4, 0.5) is 11.4 Å². The number of nitrogens with zero attached hydrogens (tertiary/aromatic N) is 1. The van der Waals surface area contributed by atoms with Gasteiger partial charge in [-0.2, -0.15) is 0 Å². The van der Waals surface area contributed by atoms with Gasteiger partial charge in [0.2, 0.25) is 5.91 Å². The molecule has 5 nitrogen and oxygen atoms in total. The van der Waals surface area contributed by atoms with Crippen LogP contribution in [0.3, 0.4) is 0 Å². The van der Waals surface area contributed by atoms with Gasteiger partial charge < -0.3 is 15.5 Å². The van der Waals surface area contributed by atoms with Crippen LogP contribution in [0.1, 0.15) is 47.7 Å². The van der Waals surface area contributed by atoms with E-state index in [-0.39, 0.29) is 11.8 Å². The number of nitrogens with one attached hydrogen (secondary N) is 2. The first-order chi connectivity index (χ1) is 13.0. The molecule has 0 bridgehead atoms. The Morgan fingerprint density at radius 1 is 1.00 bits per heavy atom. The smallest absolute Gasteiger partial charge is 0.253 e. The summed E-state index contributed by atoms with van der Waals surface area (Å²) >= 11 is 0. The van der Waals surface area contributed by atoms with Crippen LogP contribution in [-0.2, 0) is 11.3 Å². The van der Waals surface area contributed by atoms with E-state index in [1.807, 2.05) is 37.3 Å². The third kappa shape index (κ3) is 5.09. The molecule has 0 aliphatic carbocycles. The van der Waals surface area contributed by atoms with Gasteiger partial charge in [0.1, 0.15) is 0 Å². The van der Waals surface area contributed by atoms with Crippen molar-refractivity contribution < 1.29 is 9.59 Å². The number of piperidine rings is 1. The molecule has 1 heterocycles. The molecule has 3 rings (SSSR count). The van der Waals surface area contributed by atoms with Crippen molar-refractivity contribution in [1.29, 1.82) is 0 Å². The van der Waals surface area contributed by atoms with E-state index in [1.54, 1.807) is 12.1 Å². The number of benzene rings is 2. The lowest BCUT2D eigenvalue weighted by Crippen LogP contribution is -2.32. The molecule has 0 unspecified atom stereocenters. The fraction of sp³-hybridized carbons (Fsp3) is 0.364. The molecule has 2 aromatic rings. The number of anilines is 2. The topological polar surface area (TPSA) is 61.4 Å². The number of amides is 2. The van der Waals surface area contributed by atoms with Crippen LogP contribution in [0, 0.1) is 6.92 Å². The van der Waals surface area contributed by atoms with E-state index < -0.39 is 0 Å². The minimum atomic E-state index is -0.115. The molecule has 2 N–H and O–H groups in total. The highest BCUT2D eigenvalue weighted by molar-refractivity contribution is 6.01. The first kappa shape index (κ1) is 19.0. The van der Waals surface area contributed by atoms with E-state index in [2.05, 4.69) is 15.5 Å². The second-order valence-corrected chi connectivity index (χ2v) is 7.13. The van der Waals surface area contributed by atoms with Crippen molar-refractivity contribution in [2.24, 2.45) is 0 Å². The highest BCUT2D eigenvalue weighted by Crippen LogP contribution is 2.28. The minimum absolute atomic E-state index is 0.0921. The van der Waals surface area contributed by atoms with Crippen molar-refractivity contribution in [3.8, 4) is 0 Å². The molecule has 27 heavy (non-hydrogen) atoms. The SMILES string of the molecule is CC(=O)Nc1ccc(C(=O)NCc2ccc(C)cc2)c(N2CCCCC2)c1. The summed E-state index contributed by atoms with van der Waals surface area (Å²) < 4.78 is 0. The molecule has 0 atom stereocenters. The predicted octanol–water partition coefficient (Wildman–Crippen LogP) is 3.87. The van der Waals surface area contributed by atoms with Gasteiger partial charge in [-0.3, -0.25) is 9.59 Å². The summed E-state index contributed by atoms with van der Waals surface area (Å²) in [6.45, 7) is 5.89. The lowest BCUT2D eigenvalue weighted by Gasteiger charge is -2.30. The Bertz CT molecular complexity index is 809. The lowest BCUT2D eigenvalue weighted by atomic mass is 10.1. The molecule has 5 heteroatoms. The van der Waals surface area contributed by atoms with Crippen molar-refractivity contribution >= 4 is 23.2 Å². The Balaban J connectivity index is 1.80. The summed E-state index contributed by atoms with van der Waals surface area (Å²) in [6.07, 6.45) is 3.46. The Hall–Kier alpha value is -2.82. The Kier molecular flexibility index (Phi) is 6.12. The standard InChI is InChI=1S/C22H27N3O2/c1-16-6-8-18(9-7-16)15-23-22(27)20-11-10-19(24-17(2)26)14-21(20)25-12-4-3-5-13-25/h6-11,14H,3-5,12-13,15H2,1-2H3,(H,23,27)(H,24,26). The summed E-state index contributed by atoms with van der Waals surface area (Å²) in [5, 5.41) is 5.84. The zero-order valence-corrected chi connectivity index (χ0v) is 16.0. The quantitative estimate of drug-likeness (QED) is 0.845. The van der Waals surface area contributed by atoms with Crippen LogP contribution in [0.2, 0.25) is 0 Å². The van der Waals surface area contributed by atoms with Crippen molar-refractivity contribution in [2.45, 2.75) is 39.7 Å². The number of hydrogen-bond acceptors (Lipinski definition) is 3. The van der Waals surface area contributed by atoms with Crippen LogP contribution >= 0.6 is 0 Å². The molecule has 0 aromatic heterocycles. The molecule has 1 fully saturated rings. The molecule has 2 amide bonds. The zero-order chi connectivity index (χ0) is 19.2. The van der Waals surface area contributed by atoms with Crippen molar-refractivity contribution in [1.82, 2.24) is 5.32 Å².